The Labute approximate surface area is 125 Å². The van der Waals surface area contributed by atoms with Crippen molar-refractivity contribution >= 4 is 5.91 Å². The molecule has 1 saturated heterocycles. The van der Waals surface area contributed by atoms with Gasteiger partial charge in [0.15, 0.2) is 0 Å². The number of amides is 1. The largest absolute Gasteiger partial charge is 0.394 e. The maximum absolute atomic E-state index is 11.2. The molecule has 0 bridgehead atoms. The lowest BCUT2D eigenvalue weighted by Gasteiger charge is -2.42. The normalized spacial score (nSPS) is 32.9. The van der Waals surface area contributed by atoms with Crippen molar-refractivity contribution in [3.05, 3.63) is 0 Å². The molecule has 21 heavy (non-hydrogen) atoms. The van der Waals surface area contributed by atoms with Gasteiger partial charge in [-0.2, -0.15) is 0 Å². The molecule has 0 aromatic carbocycles. The predicted octanol–water partition coefficient (Wildman–Crippen LogP) is -0.900. The van der Waals surface area contributed by atoms with Gasteiger partial charge in [0.25, 0.3) is 0 Å². The van der Waals surface area contributed by atoms with Crippen LogP contribution >= 0.6 is 0 Å². The third kappa shape index (κ3) is 5.52. The van der Waals surface area contributed by atoms with Crippen LogP contribution in [0.25, 0.3) is 0 Å². The second kappa shape index (κ2) is 9.32. The standard InChI is InChI=1S/C14H28N2O5/c1-3-4-5-6-7-15-14-11(16-9(2)18)13(20)12(19)10(8-17)21-14/h10-15,17,19-20H,3-8H2,1-2H3,(H,16,18). The van der Waals surface area contributed by atoms with Crippen LogP contribution in [0.1, 0.15) is 39.5 Å². The summed E-state index contributed by atoms with van der Waals surface area (Å²) in [4.78, 5) is 11.2. The highest BCUT2D eigenvalue weighted by atomic mass is 16.5. The lowest BCUT2D eigenvalue weighted by atomic mass is 9.96. The van der Waals surface area contributed by atoms with E-state index in [2.05, 4.69) is 17.6 Å². The number of aliphatic hydroxyl groups is 3. The summed E-state index contributed by atoms with van der Waals surface area (Å²) in [5.41, 5.74) is 0. The minimum atomic E-state index is -1.23. The summed E-state index contributed by atoms with van der Waals surface area (Å²) < 4.78 is 5.55. The van der Waals surface area contributed by atoms with Crippen LogP contribution in [0.4, 0.5) is 0 Å². The van der Waals surface area contributed by atoms with Crippen LogP contribution in [0.2, 0.25) is 0 Å². The number of hydrogen-bond donors (Lipinski definition) is 5. The van der Waals surface area contributed by atoms with Crippen molar-refractivity contribution in [2.75, 3.05) is 13.2 Å². The van der Waals surface area contributed by atoms with Gasteiger partial charge in [-0.1, -0.05) is 26.2 Å². The van der Waals surface area contributed by atoms with Gasteiger partial charge in [-0.3, -0.25) is 10.1 Å². The Bertz CT molecular complexity index is 316. The van der Waals surface area contributed by atoms with Crippen molar-refractivity contribution in [3.8, 4) is 0 Å². The van der Waals surface area contributed by atoms with Crippen molar-refractivity contribution in [2.45, 2.75) is 70.1 Å². The molecule has 1 heterocycles. The molecule has 0 radical (unpaired) electrons. The van der Waals surface area contributed by atoms with Gasteiger partial charge in [0, 0.05) is 6.92 Å². The number of carbonyl (C=O) groups excluding carboxylic acids is 1. The summed E-state index contributed by atoms with van der Waals surface area (Å²) in [5, 5.41) is 34.9. The zero-order valence-corrected chi connectivity index (χ0v) is 12.8. The topological polar surface area (TPSA) is 111 Å². The second-order valence-electron chi connectivity index (χ2n) is 5.50. The molecule has 0 spiro atoms. The highest BCUT2D eigenvalue weighted by molar-refractivity contribution is 5.73. The molecule has 7 heteroatoms. The van der Waals surface area contributed by atoms with Gasteiger partial charge in [-0.15, -0.1) is 0 Å². The number of rotatable bonds is 8. The maximum atomic E-state index is 11.2. The predicted molar refractivity (Wildman–Crippen MR) is 77.5 cm³/mol. The molecule has 0 aromatic heterocycles. The van der Waals surface area contributed by atoms with Crippen molar-refractivity contribution in [1.29, 1.82) is 0 Å². The van der Waals surface area contributed by atoms with Crippen LogP contribution in [0.15, 0.2) is 0 Å². The molecule has 1 aliphatic heterocycles. The molecule has 5 N–H and O–H groups in total. The average molecular weight is 304 g/mol. The van der Waals surface area contributed by atoms with Crippen LogP contribution in [0.5, 0.6) is 0 Å². The molecule has 0 saturated carbocycles. The van der Waals surface area contributed by atoms with Gasteiger partial charge in [0.1, 0.15) is 24.5 Å². The Balaban J connectivity index is 2.58. The number of aliphatic hydroxyl groups excluding tert-OH is 3. The van der Waals surface area contributed by atoms with Gasteiger partial charge in [-0.25, -0.2) is 0 Å². The summed E-state index contributed by atoms with van der Waals surface area (Å²) in [5.74, 6) is -0.310. The molecule has 5 unspecified atom stereocenters. The van der Waals surface area contributed by atoms with Crippen LogP contribution in [0, 0.1) is 0 Å². The van der Waals surface area contributed by atoms with E-state index in [1.54, 1.807) is 0 Å². The maximum Gasteiger partial charge on any atom is 0.217 e. The summed E-state index contributed by atoms with van der Waals surface area (Å²) in [7, 11) is 0. The van der Waals surface area contributed by atoms with E-state index in [0.29, 0.717) is 6.54 Å². The number of hydrogen-bond acceptors (Lipinski definition) is 6. The lowest BCUT2D eigenvalue weighted by molar-refractivity contribution is -0.202. The van der Waals surface area contributed by atoms with E-state index in [-0.39, 0.29) is 12.5 Å². The van der Waals surface area contributed by atoms with Crippen molar-refractivity contribution in [1.82, 2.24) is 10.6 Å². The first-order valence-electron chi connectivity index (χ1n) is 7.64. The van der Waals surface area contributed by atoms with E-state index >= 15 is 0 Å². The zero-order chi connectivity index (χ0) is 15.8. The van der Waals surface area contributed by atoms with E-state index < -0.39 is 30.6 Å². The summed E-state index contributed by atoms with van der Waals surface area (Å²) >= 11 is 0. The number of unbranched alkanes of at least 4 members (excludes halogenated alkanes) is 3. The number of nitrogens with one attached hydrogen (secondary N) is 2. The van der Waals surface area contributed by atoms with E-state index in [4.69, 9.17) is 4.74 Å². The molecule has 1 aliphatic rings. The summed E-state index contributed by atoms with van der Waals surface area (Å²) in [6, 6.07) is -0.744. The lowest BCUT2D eigenvalue weighted by Crippen LogP contribution is -2.67. The molecule has 124 valence electrons. The monoisotopic (exact) mass is 304 g/mol. The molecule has 1 rings (SSSR count). The number of ether oxygens (including phenoxy) is 1. The Kier molecular flexibility index (Phi) is 8.13. The highest BCUT2D eigenvalue weighted by Gasteiger charge is 2.44. The van der Waals surface area contributed by atoms with Crippen LogP contribution in [0.3, 0.4) is 0 Å². The highest BCUT2D eigenvalue weighted by Crippen LogP contribution is 2.20. The van der Waals surface area contributed by atoms with Crippen molar-refractivity contribution in [3.63, 3.8) is 0 Å². The van der Waals surface area contributed by atoms with E-state index in [0.717, 1.165) is 25.7 Å². The van der Waals surface area contributed by atoms with Gasteiger partial charge >= 0.3 is 0 Å². The minimum absolute atomic E-state index is 0.310. The van der Waals surface area contributed by atoms with Crippen LogP contribution in [-0.4, -0.2) is 65.0 Å². The molecule has 1 fully saturated rings. The van der Waals surface area contributed by atoms with E-state index in [1.807, 2.05) is 0 Å². The van der Waals surface area contributed by atoms with E-state index in [9.17, 15) is 20.1 Å². The van der Waals surface area contributed by atoms with Gasteiger partial charge < -0.3 is 25.4 Å². The minimum Gasteiger partial charge on any atom is -0.394 e. The van der Waals surface area contributed by atoms with E-state index in [1.165, 1.54) is 6.92 Å². The molecule has 5 atom stereocenters. The quantitative estimate of drug-likeness (QED) is 0.372. The smallest absolute Gasteiger partial charge is 0.217 e. The third-order valence-electron chi connectivity index (χ3n) is 3.67. The second-order valence-corrected chi connectivity index (χ2v) is 5.50. The van der Waals surface area contributed by atoms with Crippen LogP contribution < -0.4 is 10.6 Å². The first-order valence-corrected chi connectivity index (χ1v) is 7.64. The Morgan fingerprint density at radius 2 is 1.90 bits per heavy atom. The Morgan fingerprint density at radius 1 is 1.19 bits per heavy atom. The van der Waals surface area contributed by atoms with Gasteiger partial charge in [0.05, 0.1) is 12.6 Å². The fraction of sp³-hybridized carbons (Fsp3) is 0.929. The average Bonchev–Trinajstić information content (AvgIpc) is 2.45. The first kappa shape index (κ1) is 18.3. The SMILES string of the molecule is CCCCCCNC1OC(CO)C(O)C(O)C1NC(C)=O. The van der Waals surface area contributed by atoms with Gasteiger partial charge in [-0.05, 0) is 13.0 Å². The molecule has 1 amide bonds. The van der Waals surface area contributed by atoms with Crippen molar-refractivity contribution < 1.29 is 24.9 Å². The van der Waals surface area contributed by atoms with Crippen molar-refractivity contribution in [2.24, 2.45) is 0 Å². The fourth-order valence-corrected chi connectivity index (χ4v) is 2.48. The number of carbonyl (C=O) groups is 1. The summed E-state index contributed by atoms with van der Waals surface area (Å²) in [6.07, 6.45) is 0.440. The Hall–Kier alpha value is -0.730. The summed E-state index contributed by atoms with van der Waals surface area (Å²) in [6.45, 7) is 3.77. The fourth-order valence-electron chi connectivity index (χ4n) is 2.48. The molecule has 7 nitrogen and oxygen atoms in total. The zero-order valence-electron chi connectivity index (χ0n) is 12.8. The molecular weight excluding hydrogens is 276 g/mol. The molecular formula is C14H28N2O5. The van der Waals surface area contributed by atoms with Crippen LogP contribution in [-0.2, 0) is 9.53 Å². The van der Waals surface area contributed by atoms with Gasteiger partial charge in [0.2, 0.25) is 5.91 Å². The molecule has 0 aromatic rings. The third-order valence-corrected chi connectivity index (χ3v) is 3.67. The Morgan fingerprint density at radius 3 is 2.48 bits per heavy atom. The molecule has 0 aliphatic carbocycles. The first-order chi connectivity index (χ1) is 10.0.